The molecule has 0 radical (unpaired) electrons. The molecule has 134 valence electrons. The Kier molecular flexibility index (Phi) is 5.47. The van der Waals surface area contributed by atoms with E-state index in [4.69, 9.17) is 0 Å². The van der Waals surface area contributed by atoms with Crippen LogP contribution in [0, 0.1) is 6.92 Å². The highest BCUT2D eigenvalue weighted by Crippen LogP contribution is 2.26. The number of nitrogens with zero attached hydrogens (tertiary/aromatic N) is 4. The Balaban J connectivity index is 1.69. The van der Waals surface area contributed by atoms with Crippen LogP contribution >= 0.6 is 11.8 Å². The van der Waals surface area contributed by atoms with Gasteiger partial charge in [0.2, 0.25) is 5.91 Å². The average Bonchev–Trinajstić information content (AvgIpc) is 2.93. The lowest BCUT2D eigenvalue weighted by Crippen LogP contribution is -2.48. The van der Waals surface area contributed by atoms with Crippen LogP contribution in [0.4, 0.5) is 0 Å². The van der Waals surface area contributed by atoms with E-state index in [-0.39, 0.29) is 5.91 Å². The van der Waals surface area contributed by atoms with Crippen LogP contribution in [0.15, 0.2) is 29.4 Å². The second-order valence-electron chi connectivity index (χ2n) is 6.95. The molecule has 2 heterocycles. The number of rotatable bonds is 4. The molecule has 5 nitrogen and oxygen atoms in total. The zero-order valence-electron chi connectivity index (χ0n) is 15.4. The van der Waals surface area contributed by atoms with Crippen molar-refractivity contribution in [3.05, 3.63) is 29.8 Å². The van der Waals surface area contributed by atoms with Crippen LogP contribution < -0.4 is 0 Å². The molecule has 0 saturated carbocycles. The standard InChI is InChI=1S/C19H26N4OS/c1-13-7-5-10-16(11-13)18-20-21-19(22(18)4)25-12-17(24)23-14(2)8-6-9-15(23)3/h5,7,10-11,14-15H,6,8-9,12H2,1-4H3/t14-,15-/m1/s1. The van der Waals surface area contributed by atoms with Crippen LogP contribution in [0.5, 0.6) is 0 Å². The lowest BCUT2D eigenvalue weighted by molar-refractivity contribution is -0.134. The summed E-state index contributed by atoms with van der Waals surface area (Å²) in [6.07, 6.45) is 3.41. The molecule has 2 atom stereocenters. The minimum absolute atomic E-state index is 0.199. The molecule has 1 aromatic heterocycles. The van der Waals surface area contributed by atoms with Gasteiger partial charge in [0.05, 0.1) is 5.75 Å². The molecule has 0 bridgehead atoms. The van der Waals surface area contributed by atoms with Gasteiger partial charge in [-0.15, -0.1) is 10.2 Å². The molecule has 1 saturated heterocycles. The Morgan fingerprint density at radius 2 is 1.96 bits per heavy atom. The van der Waals surface area contributed by atoms with Gasteiger partial charge in [0.15, 0.2) is 11.0 Å². The maximum absolute atomic E-state index is 12.7. The zero-order chi connectivity index (χ0) is 18.0. The molecule has 0 unspecified atom stereocenters. The number of hydrogen-bond acceptors (Lipinski definition) is 4. The van der Waals surface area contributed by atoms with E-state index in [1.165, 1.54) is 23.7 Å². The first-order chi connectivity index (χ1) is 12.0. The summed E-state index contributed by atoms with van der Waals surface area (Å²) in [6, 6.07) is 8.89. The van der Waals surface area contributed by atoms with E-state index in [1.807, 2.05) is 28.6 Å². The number of amides is 1. The molecule has 0 aliphatic carbocycles. The van der Waals surface area contributed by atoms with Gasteiger partial charge >= 0.3 is 0 Å². The van der Waals surface area contributed by atoms with Gasteiger partial charge in [0, 0.05) is 24.7 Å². The highest BCUT2D eigenvalue weighted by molar-refractivity contribution is 7.99. The quantitative estimate of drug-likeness (QED) is 0.783. The van der Waals surface area contributed by atoms with Crippen molar-refractivity contribution in [2.45, 2.75) is 57.3 Å². The van der Waals surface area contributed by atoms with Gasteiger partial charge in [-0.1, -0.05) is 35.5 Å². The Morgan fingerprint density at radius 3 is 2.64 bits per heavy atom. The Bertz CT molecular complexity index is 748. The van der Waals surface area contributed by atoms with Gasteiger partial charge in [0.1, 0.15) is 0 Å². The summed E-state index contributed by atoms with van der Waals surface area (Å²) in [6.45, 7) is 6.36. The summed E-state index contributed by atoms with van der Waals surface area (Å²) in [4.78, 5) is 14.7. The molecule has 25 heavy (non-hydrogen) atoms. The Morgan fingerprint density at radius 1 is 1.24 bits per heavy atom. The molecular formula is C19H26N4OS. The van der Waals surface area contributed by atoms with Gasteiger partial charge in [-0.05, 0) is 46.1 Å². The van der Waals surface area contributed by atoms with Crippen molar-refractivity contribution < 1.29 is 4.79 Å². The summed E-state index contributed by atoms with van der Waals surface area (Å²) in [5.41, 5.74) is 2.24. The van der Waals surface area contributed by atoms with Crippen LogP contribution in [-0.4, -0.2) is 43.4 Å². The van der Waals surface area contributed by atoms with Gasteiger partial charge in [-0.3, -0.25) is 4.79 Å². The number of piperidine rings is 1. The molecule has 0 N–H and O–H groups in total. The number of aromatic nitrogens is 3. The zero-order valence-corrected chi connectivity index (χ0v) is 16.2. The van der Waals surface area contributed by atoms with Crippen molar-refractivity contribution in [2.75, 3.05) is 5.75 Å². The van der Waals surface area contributed by atoms with Crippen molar-refractivity contribution in [3.8, 4) is 11.4 Å². The summed E-state index contributed by atoms with van der Waals surface area (Å²) in [7, 11) is 1.95. The van der Waals surface area contributed by atoms with Crippen molar-refractivity contribution in [2.24, 2.45) is 7.05 Å². The smallest absolute Gasteiger partial charge is 0.233 e. The molecule has 2 aromatic rings. The van der Waals surface area contributed by atoms with E-state index in [0.717, 1.165) is 29.4 Å². The fourth-order valence-electron chi connectivity index (χ4n) is 3.59. The molecule has 1 fully saturated rings. The van der Waals surface area contributed by atoms with E-state index < -0.39 is 0 Å². The molecule has 6 heteroatoms. The third-order valence-electron chi connectivity index (χ3n) is 4.92. The topological polar surface area (TPSA) is 51.0 Å². The monoisotopic (exact) mass is 358 g/mol. The van der Waals surface area contributed by atoms with Crippen LogP contribution in [0.3, 0.4) is 0 Å². The minimum atomic E-state index is 0.199. The van der Waals surface area contributed by atoms with E-state index in [2.05, 4.69) is 43.1 Å². The lowest BCUT2D eigenvalue weighted by atomic mass is 9.98. The summed E-state index contributed by atoms with van der Waals surface area (Å²) in [5.74, 6) is 1.44. The summed E-state index contributed by atoms with van der Waals surface area (Å²) < 4.78 is 1.97. The molecule has 1 aromatic carbocycles. The summed E-state index contributed by atoms with van der Waals surface area (Å²) in [5, 5.41) is 9.38. The number of aryl methyl sites for hydroxylation is 1. The maximum Gasteiger partial charge on any atom is 0.233 e. The average molecular weight is 359 g/mol. The van der Waals surface area contributed by atoms with E-state index in [0.29, 0.717) is 17.8 Å². The minimum Gasteiger partial charge on any atom is -0.337 e. The number of hydrogen-bond donors (Lipinski definition) is 0. The SMILES string of the molecule is Cc1cccc(-c2nnc(SCC(=O)N3[C@H](C)CCC[C@H]3C)n2C)c1. The van der Waals surface area contributed by atoms with Crippen LogP contribution in [-0.2, 0) is 11.8 Å². The first-order valence-electron chi connectivity index (χ1n) is 8.87. The fourth-order valence-corrected chi connectivity index (χ4v) is 4.37. The summed E-state index contributed by atoms with van der Waals surface area (Å²) >= 11 is 1.47. The number of carbonyl (C=O) groups is 1. The maximum atomic E-state index is 12.7. The first kappa shape index (κ1) is 18.0. The third kappa shape index (κ3) is 3.89. The predicted molar refractivity (Wildman–Crippen MR) is 102 cm³/mol. The number of thioether (sulfide) groups is 1. The van der Waals surface area contributed by atoms with Gasteiger partial charge in [0.25, 0.3) is 0 Å². The third-order valence-corrected chi connectivity index (χ3v) is 5.92. The number of likely N-dealkylation sites (tertiary alicyclic amines) is 1. The highest BCUT2D eigenvalue weighted by Gasteiger charge is 2.29. The number of benzene rings is 1. The van der Waals surface area contributed by atoms with Crippen molar-refractivity contribution in [1.29, 1.82) is 0 Å². The lowest BCUT2D eigenvalue weighted by Gasteiger charge is -2.39. The van der Waals surface area contributed by atoms with E-state index in [9.17, 15) is 4.79 Å². The van der Waals surface area contributed by atoms with Gasteiger partial charge in [-0.25, -0.2) is 0 Å². The van der Waals surface area contributed by atoms with Crippen molar-refractivity contribution in [1.82, 2.24) is 19.7 Å². The molecule has 0 spiro atoms. The van der Waals surface area contributed by atoms with Gasteiger partial charge < -0.3 is 9.47 Å². The van der Waals surface area contributed by atoms with E-state index >= 15 is 0 Å². The van der Waals surface area contributed by atoms with E-state index in [1.54, 1.807) is 0 Å². The fraction of sp³-hybridized carbons (Fsp3) is 0.526. The number of carbonyl (C=O) groups excluding carboxylic acids is 1. The Labute approximate surface area is 153 Å². The second kappa shape index (κ2) is 7.60. The largest absolute Gasteiger partial charge is 0.337 e. The van der Waals surface area contributed by atoms with Crippen molar-refractivity contribution in [3.63, 3.8) is 0 Å². The van der Waals surface area contributed by atoms with Crippen LogP contribution in [0.25, 0.3) is 11.4 Å². The normalized spacial score (nSPS) is 20.7. The Hall–Kier alpha value is -1.82. The predicted octanol–water partition coefficient (Wildman–Crippen LogP) is 3.67. The first-order valence-corrected chi connectivity index (χ1v) is 9.86. The molecule has 1 aliphatic rings. The molecule has 1 amide bonds. The molecule has 3 rings (SSSR count). The van der Waals surface area contributed by atoms with Crippen LogP contribution in [0.2, 0.25) is 0 Å². The van der Waals surface area contributed by atoms with Gasteiger partial charge in [-0.2, -0.15) is 0 Å². The molecular weight excluding hydrogens is 332 g/mol. The second-order valence-corrected chi connectivity index (χ2v) is 7.90. The van der Waals surface area contributed by atoms with Crippen LogP contribution in [0.1, 0.15) is 38.7 Å². The van der Waals surface area contributed by atoms with Crippen molar-refractivity contribution >= 4 is 17.7 Å². The molecule has 1 aliphatic heterocycles. The highest BCUT2D eigenvalue weighted by atomic mass is 32.2.